The number of hydrogen-bond acceptors (Lipinski definition) is 0. The van der Waals surface area contributed by atoms with Gasteiger partial charge in [0.05, 0.1) is 12.4 Å². The molecule has 0 aliphatic heterocycles. The lowest BCUT2D eigenvalue weighted by molar-refractivity contribution is -0.00000473. The third-order valence-electron chi connectivity index (χ3n) is 4.57. The van der Waals surface area contributed by atoms with Crippen molar-refractivity contribution >= 4 is 28.5 Å². The molecule has 0 aliphatic carbocycles. The van der Waals surface area contributed by atoms with Crippen molar-refractivity contribution in [2.75, 3.05) is 0 Å². The molecule has 0 spiro atoms. The molecule has 0 atom stereocenters. The first-order valence-electron chi connectivity index (χ1n) is 8.54. The van der Waals surface area contributed by atoms with Gasteiger partial charge in [-0.25, -0.2) is 0 Å². The van der Waals surface area contributed by atoms with Crippen LogP contribution in [0.5, 0.6) is 0 Å². The lowest BCUT2D eigenvalue weighted by atomic mass is 10.3. The molecular formula is C24H22ClP+2. The normalized spacial score (nSPS) is 10.8. The highest BCUT2D eigenvalue weighted by molar-refractivity contribution is 8.01. The molecular weight excluding hydrogens is 355 g/mol. The molecule has 4 aromatic rings. The number of hydrogen-bond donors (Lipinski definition) is 0. The van der Waals surface area contributed by atoms with Crippen molar-refractivity contribution in [2.24, 2.45) is 0 Å². The van der Waals surface area contributed by atoms with Crippen LogP contribution in [-0.2, 0) is 0 Å². The molecule has 2 heteroatoms. The second-order valence-corrected chi connectivity index (χ2v) is 9.42. The smallest absolute Gasteiger partial charge is 0.0620 e. The molecule has 4 aromatic carbocycles. The van der Waals surface area contributed by atoms with E-state index in [9.17, 15) is 0 Å². The second-order valence-electron chi connectivity index (χ2n) is 6.01. The maximum atomic E-state index is 2.28. The first kappa shape index (κ1) is 18.4. The molecule has 0 aromatic heterocycles. The van der Waals surface area contributed by atoms with E-state index >= 15 is 0 Å². The van der Waals surface area contributed by atoms with Gasteiger partial charge in [0.1, 0.15) is 28.5 Å². The van der Waals surface area contributed by atoms with Crippen LogP contribution in [0.15, 0.2) is 121 Å². The molecule has 0 amide bonds. The molecule has 0 nitrogen and oxygen atoms in total. The first-order valence-corrected chi connectivity index (χ1v) is 10.3. The van der Waals surface area contributed by atoms with Gasteiger partial charge < -0.3 is 0 Å². The topological polar surface area (TPSA) is 0 Å². The third kappa shape index (κ3) is 3.19. The molecule has 0 saturated carbocycles. The van der Waals surface area contributed by atoms with Crippen LogP contribution in [0.2, 0.25) is 0 Å². The van der Waals surface area contributed by atoms with Gasteiger partial charge in [-0.15, -0.1) is 0 Å². The Hall–Kier alpha value is -2.40. The Morgan fingerprint density at radius 2 is 0.500 bits per heavy atom. The van der Waals surface area contributed by atoms with Crippen LogP contribution in [0, 0.1) is 12.4 Å². The molecule has 0 heterocycles. The summed E-state index contributed by atoms with van der Waals surface area (Å²) in [6, 6.07) is 43.8. The average Bonchev–Trinajstić information content (AvgIpc) is 2.72. The van der Waals surface area contributed by atoms with Gasteiger partial charge in [-0.3, -0.25) is 0 Å². The Balaban J connectivity index is 0.00000196. The maximum absolute atomic E-state index is 2.28. The van der Waals surface area contributed by atoms with E-state index in [0.717, 1.165) is 0 Å². The molecule has 4 rings (SSSR count). The van der Waals surface area contributed by atoms with Crippen LogP contribution in [0.25, 0.3) is 0 Å². The molecule has 0 N–H and O–H groups in total. The van der Waals surface area contributed by atoms with E-state index in [1.807, 2.05) is 0 Å². The quantitative estimate of drug-likeness (QED) is 0.476. The Morgan fingerprint density at radius 3 is 0.692 bits per heavy atom. The largest absolute Gasteiger partial charge is 0.144 e. The highest BCUT2D eigenvalue weighted by Gasteiger charge is 2.47. The molecule has 0 aliphatic rings. The average molecular weight is 377 g/mol. The van der Waals surface area contributed by atoms with Crippen LogP contribution >= 0.6 is 7.26 Å². The number of halogens is 1. The number of benzene rings is 4. The van der Waals surface area contributed by atoms with E-state index in [4.69, 9.17) is 0 Å². The number of rotatable bonds is 4. The van der Waals surface area contributed by atoms with Gasteiger partial charge in [-0.2, -0.15) is 0 Å². The highest BCUT2D eigenvalue weighted by Crippen LogP contribution is 2.53. The fourth-order valence-electron chi connectivity index (χ4n) is 3.50. The standard InChI is InChI=1S/C24H20P.ClH2/c1-5-13-21(14-6-1)25(22-15-7-2-8-16-22,23-17-9-3-10-18-23)24-19-11-4-12-20-24;/h1-20H;1H2/q2*+1. The lowest BCUT2D eigenvalue weighted by Gasteiger charge is -2.27. The summed E-state index contributed by atoms with van der Waals surface area (Å²) in [5.74, 6) is 0. The van der Waals surface area contributed by atoms with Crippen LogP contribution in [-0.4, -0.2) is 0 Å². The van der Waals surface area contributed by atoms with Gasteiger partial charge in [0.2, 0.25) is 0 Å². The van der Waals surface area contributed by atoms with Crippen molar-refractivity contribution in [3.63, 3.8) is 0 Å². The fraction of sp³-hybridized carbons (Fsp3) is 0. The molecule has 0 fully saturated rings. The van der Waals surface area contributed by atoms with E-state index in [-0.39, 0.29) is 12.4 Å². The lowest BCUT2D eigenvalue weighted by Crippen LogP contribution is -2.38. The summed E-state index contributed by atoms with van der Waals surface area (Å²) < 4.78 is 0. The summed E-state index contributed by atoms with van der Waals surface area (Å²) in [4.78, 5) is 0. The van der Waals surface area contributed by atoms with Crippen molar-refractivity contribution in [1.29, 1.82) is 0 Å². The van der Waals surface area contributed by atoms with Crippen LogP contribution < -0.4 is 21.2 Å². The second kappa shape index (κ2) is 8.32. The van der Waals surface area contributed by atoms with E-state index < -0.39 is 7.26 Å². The zero-order chi connectivity index (χ0) is 17.0. The maximum Gasteiger partial charge on any atom is 0.144 e. The minimum atomic E-state index is -1.91. The van der Waals surface area contributed by atoms with Gasteiger partial charge in [-0.05, 0) is 48.5 Å². The van der Waals surface area contributed by atoms with Gasteiger partial charge >= 0.3 is 0 Å². The Morgan fingerprint density at radius 1 is 0.308 bits per heavy atom. The summed E-state index contributed by atoms with van der Waals surface area (Å²) in [6.07, 6.45) is 0. The van der Waals surface area contributed by atoms with Crippen molar-refractivity contribution in [3.8, 4) is 0 Å². The molecule has 128 valence electrons. The Bertz CT molecular complexity index is 759. The molecule has 26 heavy (non-hydrogen) atoms. The highest BCUT2D eigenvalue weighted by atomic mass is 35.5. The van der Waals surface area contributed by atoms with Crippen LogP contribution in [0.3, 0.4) is 0 Å². The summed E-state index contributed by atoms with van der Waals surface area (Å²) in [6.45, 7) is 0. The zero-order valence-electron chi connectivity index (χ0n) is 14.4. The zero-order valence-corrected chi connectivity index (χ0v) is 16.2. The van der Waals surface area contributed by atoms with Crippen LogP contribution in [0.4, 0.5) is 0 Å². The predicted octanol–water partition coefficient (Wildman–Crippen LogP) is 3.77. The Kier molecular flexibility index (Phi) is 5.89. The summed E-state index contributed by atoms with van der Waals surface area (Å²) in [7, 11) is -1.91. The van der Waals surface area contributed by atoms with E-state index in [0.29, 0.717) is 0 Å². The minimum Gasteiger partial charge on any atom is -0.0620 e. The van der Waals surface area contributed by atoms with Gasteiger partial charge in [0.15, 0.2) is 0 Å². The van der Waals surface area contributed by atoms with Crippen molar-refractivity contribution in [2.45, 2.75) is 0 Å². The SMILES string of the molecule is [ClH2+].c1ccc([P+](c2ccccc2)(c2ccccc2)c2ccccc2)cc1. The monoisotopic (exact) mass is 376 g/mol. The van der Waals surface area contributed by atoms with Gasteiger partial charge in [0.25, 0.3) is 0 Å². The van der Waals surface area contributed by atoms with Crippen molar-refractivity contribution in [1.82, 2.24) is 0 Å². The molecule has 0 saturated heterocycles. The van der Waals surface area contributed by atoms with E-state index in [1.54, 1.807) is 0 Å². The first-order chi connectivity index (χ1) is 12.4. The van der Waals surface area contributed by atoms with Crippen molar-refractivity contribution in [3.05, 3.63) is 121 Å². The summed E-state index contributed by atoms with van der Waals surface area (Å²) in [5, 5.41) is 5.55. The minimum absolute atomic E-state index is 0. The van der Waals surface area contributed by atoms with Crippen molar-refractivity contribution < 1.29 is 12.4 Å². The molecule has 0 radical (unpaired) electrons. The predicted molar refractivity (Wildman–Crippen MR) is 114 cm³/mol. The molecule has 0 bridgehead atoms. The molecule has 0 unspecified atom stereocenters. The van der Waals surface area contributed by atoms with Gasteiger partial charge in [0, 0.05) is 0 Å². The third-order valence-corrected chi connectivity index (χ3v) is 8.86. The summed E-state index contributed by atoms with van der Waals surface area (Å²) in [5.41, 5.74) is 0. The fourth-order valence-corrected chi connectivity index (χ4v) is 7.77. The van der Waals surface area contributed by atoms with Gasteiger partial charge in [-0.1, -0.05) is 72.8 Å². The Labute approximate surface area is 162 Å². The van der Waals surface area contributed by atoms with E-state index in [1.165, 1.54) is 21.2 Å². The summed E-state index contributed by atoms with van der Waals surface area (Å²) >= 11 is 0. The van der Waals surface area contributed by atoms with E-state index in [2.05, 4.69) is 121 Å². The van der Waals surface area contributed by atoms with Crippen LogP contribution in [0.1, 0.15) is 0 Å².